The Morgan fingerprint density at radius 2 is 1.02 bits per heavy atom. The van der Waals surface area contributed by atoms with Crippen molar-refractivity contribution in [2.45, 2.75) is 124 Å². The lowest BCUT2D eigenvalue weighted by atomic mass is 9.75. The molecule has 6 atom stereocenters. The predicted molar refractivity (Wildman–Crippen MR) is 181 cm³/mol. The van der Waals surface area contributed by atoms with Crippen LogP contribution in [0.2, 0.25) is 0 Å². The monoisotopic (exact) mass is 732 g/mol. The van der Waals surface area contributed by atoms with Gasteiger partial charge in [0, 0.05) is 20.9 Å². The Bertz CT molecular complexity index is 1490. The second-order valence-electron chi connectivity index (χ2n) is 15.2. The third-order valence-corrected chi connectivity index (χ3v) is 12.9. The molecule has 3 aliphatic rings. The van der Waals surface area contributed by atoms with Crippen molar-refractivity contribution in [3.8, 4) is 0 Å². The lowest BCUT2D eigenvalue weighted by Crippen LogP contribution is -2.48. The van der Waals surface area contributed by atoms with Crippen molar-refractivity contribution in [3.63, 3.8) is 0 Å². The zero-order valence-electron chi connectivity index (χ0n) is 29.2. The average Bonchev–Trinajstić information content (AvgIpc) is 3.59. The van der Waals surface area contributed by atoms with E-state index in [9.17, 15) is 9.59 Å². The van der Waals surface area contributed by atoms with Crippen molar-refractivity contribution < 1.29 is 45.4 Å². The molecule has 0 aliphatic heterocycles. The van der Waals surface area contributed by atoms with Crippen LogP contribution in [0, 0.1) is 49.4 Å². The molecule has 272 valence electrons. The number of halogens is 6. The fourth-order valence-corrected chi connectivity index (χ4v) is 9.80. The van der Waals surface area contributed by atoms with E-state index in [4.69, 9.17) is 9.47 Å². The first kappa shape index (κ1) is 37.9. The van der Waals surface area contributed by atoms with Crippen LogP contribution in [0.25, 0.3) is 11.1 Å². The Labute approximate surface area is 292 Å². The van der Waals surface area contributed by atoms with Crippen molar-refractivity contribution in [3.05, 3.63) is 42.8 Å². The van der Waals surface area contributed by atoms with Crippen molar-refractivity contribution in [2.24, 2.45) is 35.5 Å². The maximum Gasteiger partial charge on any atom is 0.380 e. The highest BCUT2D eigenvalue weighted by molar-refractivity contribution is 7.14. The Morgan fingerprint density at radius 1 is 0.673 bits per heavy atom. The zero-order chi connectivity index (χ0) is 36.4. The molecule has 0 radical (unpaired) electrons. The van der Waals surface area contributed by atoms with Gasteiger partial charge in [-0.25, -0.2) is 9.59 Å². The number of hydrogen-bond donors (Lipinski definition) is 0. The number of allylic oxidation sites excluding steroid dienone is 2. The van der Waals surface area contributed by atoms with E-state index in [2.05, 4.69) is 13.8 Å². The van der Waals surface area contributed by atoms with Gasteiger partial charge in [-0.2, -0.15) is 26.3 Å². The molecule has 0 saturated heterocycles. The summed E-state index contributed by atoms with van der Waals surface area (Å²) in [6, 6.07) is 1.93. The first-order valence-corrected chi connectivity index (χ1v) is 18.8. The van der Waals surface area contributed by atoms with E-state index >= 15 is 26.3 Å². The van der Waals surface area contributed by atoms with E-state index in [1.807, 2.05) is 27.7 Å². The van der Waals surface area contributed by atoms with Gasteiger partial charge in [0.1, 0.15) is 22.0 Å². The summed E-state index contributed by atoms with van der Waals surface area (Å²) < 4.78 is 105. The van der Waals surface area contributed by atoms with Gasteiger partial charge in [0.2, 0.25) is 0 Å². The Morgan fingerprint density at radius 3 is 1.35 bits per heavy atom. The van der Waals surface area contributed by atoms with Crippen LogP contribution in [-0.2, 0) is 9.47 Å². The number of ether oxygens (including phenoxy) is 2. The molecule has 49 heavy (non-hydrogen) atoms. The van der Waals surface area contributed by atoms with E-state index < -0.39 is 64.2 Å². The van der Waals surface area contributed by atoms with Gasteiger partial charge in [-0.1, -0.05) is 54.4 Å². The minimum Gasteiger partial charge on any atom is -0.458 e. The van der Waals surface area contributed by atoms with Gasteiger partial charge >= 0.3 is 29.7 Å². The lowest BCUT2D eigenvalue weighted by molar-refractivity contribution is -0.254. The van der Waals surface area contributed by atoms with Crippen LogP contribution >= 0.6 is 22.7 Å². The molecule has 0 amide bonds. The molecule has 0 aromatic carbocycles. The number of carbonyl (C=O) groups excluding carboxylic acids is 2. The third kappa shape index (κ3) is 6.74. The van der Waals surface area contributed by atoms with Crippen LogP contribution in [0.3, 0.4) is 0 Å². The van der Waals surface area contributed by atoms with E-state index in [-0.39, 0.29) is 43.2 Å². The number of rotatable bonds is 8. The molecule has 0 bridgehead atoms. The zero-order valence-corrected chi connectivity index (χ0v) is 30.9. The van der Waals surface area contributed by atoms with E-state index in [0.29, 0.717) is 24.7 Å². The number of esters is 2. The fraction of sp³-hybridized carbons (Fsp3) is 0.676. The molecular formula is C37H46F6O4S2. The summed E-state index contributed by atoms with van der Waals surface area (Å²) in [6.45, 7) is 14.9. The second-order valence-corrected chi connectivity index (χ2v) is 17.7. The molecule has 12 heteroatoms. The summed E-state index contributed by atoms with van der Waals surface area (Å²) in [5.74, 6) is -16.7. The molecule has 2 saturated carbocycles. The summed E-state index contributed by atoms with van der Waals surface area (Å²) in [7, 11) is 0. The van der Waals surface area contributed by atoms with Gasteiger partial charge in [-0.15, -0.1) is 22.7 Å². The highest BCUT2D eigenvalue weighted by Gasteiger charge is 2.80. The highest BCUT2D eigenvalue weighted by Crippen LogP contribution is 2.66. The summed E-state index contributed by atoms with van der Waals surface area (Å²) >= 11 is 1.48. The van der Waals surface area contributed by atoms with Gasteiger partial charge in [-0.3, -0.25) is 0 Å². The maximum absolute atomic E-state index is 15.7. The van der Waals surface area contributed by atoms with E-state index in [1.54, 1.807) is 0 Å². The van der Waals surface area contributed by atoms with E-state index in [0.717, 1.165) is 60.5 Å². The minimum absolute atomic E-state index is 0.0105. The standard InChI is InChI=1S/C37H46F6O4S2/c1-17(2)23-11-9-19(5)13-27(23)46-33(44)29-15-25(21(7)48-29)31-32(36(40,41)37(42,43)35(31,38)39)26-16-30(49-22(26)8)34(45)47-28-14-20(6)10-12-24(28)18(3)4/h15-20,23-24,27-28H,9-14H2,1-8H3/t19-,20-,23+,24+,27-,28-/m1/s1. The fourth-order valence-electron chi connectivity index (χ4n) is 7.99. The maximum atomic E-state index is 15.7. The molecular weight excluding hydrogens is 687 g/mol. The normalized spacial score (nSPS) is 29.5. The topological polar surface area (TPSA) is 52.6 Å². The molecule has 2 heterocycles. The van der Waals surface area contributed by atoms with Crippen LogP contribution in [0.4, 0.5) is 26.3 Å². The summed E-state index contributed by atoms with van der Waals surface area (Å²) in [5.41, 5.74) is -4.25. The van der Waals surface area contributed by atoms with Crippen molar-refractivity contribution in [2.75, 3.05) is 0 Å². The highest BCUT2D eigenvalue weighted by atomic mass is 32.1. The number of thiophene rings is 2. The quantitative estimate of drug-likeness (QED) is 0.200. The molecule has 2 aromatic heterocycles. The first-order chi connectivity index (χ1) is 22.7. The molecule has 0 N–H and O–H groups in total. The van der Waals surface area contributed by atoms with Gasteiger partial charge in [-0.05, 0) is 98.3 Å². The molecule has 0 unspecified atom stereocenters. The van der Waals surface area contributed by atoms with Crippen LogP contribution in [0.15, 0.2) is 12.1 Å². The average molecular weight is 733 g/mol. The number of aryl methyl sites for hydroxylation is 2. The Kier molecular flexibility index (Phi) is 10.6. The van der Waals surface area contributed by atoms with Crippen LogP contribution in [-0.4, -0.2) is 41.9 Å². The molecule has 0 spiro atoms. The molecule has 3 aliphatic carbocycles. The molecule has 4 nitrogen and oxygen atoms in total. The Hall–Kier alpha value is -2.34. The number of hydrogen-bond acceptors (Lipinski definition) is 6. The molecule has 2 aromatic rings. The van der Waals surface area contributed by atoms with Crippen molar-refractivity contribution in [1.82, 2.24) is 0 Å². The smallest absolute Gasteiger partial charge is 0.380 e. The largest absolute Gasteiger partial charge is 0.458 e. The minimum atomic E-state index is -5.78. The van der Waals surface area contributed by atoms with Crippen molar-refractivity contribution >= 4 is 45.8 Å². The van der Waals surface area contributed by atoms with Gasteiger partial charge in [0.05, 0.1) is 0 Å². The summed E-state index contributed by atoms with van der Waals surface area (Å²) in [5, 5.41) is 0. The van der Waals surface area contributed by atoms with Gasteiger partial charge in [0.15, 0.2) is 0 Å². The summed E-state index contributed by atoms with van der Waals surface area (Å²) in [4.78, 5) is 26.4. The van der Waals surface area contributed by atoms with Crippen LogP contribution < -0.4 is 0 Å². The molecule has 5 rings (SSSR count). The van der Waals surface area contributed by atoms with Gasteiger partial charge < -0.3 is 9.47 Å². The van der Waals surface area contributed by atoms with Gasteiger partial charge in [0.25, 0.3) is 0 Å². The number of alkyl halides is 6. The Balaban J connectivity index is 1.53. The first-order valence-electron chi connectivity index (χ1n) is 17.2. The molecule has 2 fully saturated rings. The predicted octanol–water partition coefficient (Wildman–Crippen LogP) is 11.5. The van der Waals surface area contributed by atoms with Crippen molar-refractivity contribution in [1.29, 1.82) is 0 Å². The van der Waals surface area contributed by atoms with Crippen LogP contribution in [0.5, 0.6) is 0 Å². The summed E-state index contributed by atoms with van der Waals surface area (Å²) in [6.07, 6.45) is 4.07. The SMILES string of the molecule is Cc1sc(C(=O)O[C@@H]2C[C@H](C)CC[C@H]2C(C)C)cc1C1=C(c2cc(C(=O)O[C@@H]3C[C@H](C)CC[C@H]3C(C)C)sc2C)C(F)(F)C(F)(F)C1(F)F. The lowest BCUT2D eigenvalue weighted by Gasteiger charge is -2.36. The van der Waals surface area contributed by atoms with Crippen LogP contribution in [0.1, 0.15) is 120 Å². The number of carbonyl (C=O) groups is 2. The third-order valence-electron chi connectivity index (χ3n) is 10.9. The second kappa shape index (κ2) is 13.7. The van der Waals surface area contributed by atoms with E-state index in [1.165, 1.54) is 13.8 Å².